The van der Waals surface area contributed by atoms with Gasteiger partial charge in [-0.3, -0.25) is 4.79 Å². The van der Waals surface area contributed by atoms with E-state index in [1.165, 1.54) is 38.5 Å². The first-order valence-corrected chi connectivity index (χ1v) is 8.81. The van der Waals surface area contributed by atoms with E-state index in [0.29, 0.717) is 0 Å². The van der Waals surface area contributed by atoms with E-state index in [0.717, 1.165) is 24.6 Å². The predicted molar refractivity (Wildman–Crippen MR) is 83.6 cm³/mol. The largest absolute Gasteiger partial charge is 0.460 e. The SMILES string of the molecule is CC(C)(C)OC(=O)C1(CCCCCCCBr)CCC1. The number of ether oxygens (including phenoxy) is 1. The summed E-state index contributed by atoms with van der Waals surface area (Å²) in [6, 6.07) is 0. The van der Waals surface area contributed by atoms with Crippen LogP contribution in [0.25, 0.3) is 0 Å². The van der Waals surface area contributed by atoms with Gasteiger partial charge < -0.3 is 4.74 Å². The van der Waals surface area contributed by atoms with Crippen molar-refractivity contribution in [3.05, 3.63) is 0 Å². The number of carbonyl (C=O) groups is 1. The van der Waals surface area contributed by atoms with Crippen molar-refractivity contribution in [2.24, 2.45) is 5.41 Å². The van der Waals surface area contributed by atoms with Gasteiger partial charge in [-0.25, -0.2) is 0 Å². The molecule has 1 fully saturated rings. The molecule has 0 bridgehead atoms. The number of hydrogen-bond acceptors (Lipinski definition) is 2. The summed E-state index contributed by atoms with van der Waals surface area (Å²) in [6.45, 7) is 5.87. The van der Waals surface area contributed by atoms with E-state index in [1.807, 2.05) is 20.8 Å². The molecule has 1 aliphatic rings. The minimum Gasteiger partial charge on any atom is -0.460 e. The fourth-order valence-electron chi connectivity index (χ4n) is 2.63. The molecule has 0 radical (unpaired) electrons. The summed E-state index contributed by atoms with van der Waals surface area (Å²) in [4.78, 5) is 12.3. The molecule has 0 aliphatic heterocycles. The average Bonchev–Trinajstić information content (AvgIpc) is 2.23. The van der Waals surface area contributed by atoms with Crippen LogP contribution in [0.5, 0.6) is 0 Å². The van der Waals surface area contributed by atoms with Crippen LogP contribution >= 0.6 is 15.9 Å². The second-order valence-electron chi connectivity index (χ2n) is 6.84. The zero-order valence-corrected chi connectivity index (χ0v) is 14.4. The van der Waals surface area contributed by atoms with Gasteiger partial charge in [0.2, 0.25) is 0 Å². The predicted octanol–water partition coefficient (Wildman–Crippen LogP) is 5.23. The Labute approximate surface area is 126 Å². The molecule has 0 amide bonds. The van der Waals surface area contributed by atoms with Crippen LogP contribution in [0.4, 0.5) is 0 Å². The molecule has 3 heteroatoms. The van der Waals surface area contributed by atoms with Crippen LogP contribution < -0.4 is 0 Å². The Balaban J connectivity index is 2.29. The Bertz CT molecular complexity index is 277. The Morgan fingerprint density at radius 3 is 2.16 bits per heavy atom. The summed E-state index contributed by atoms with van der Waals surface area (Å²) < 4.78 is 5.60. The second-order valence-corrected chi connectivity index (χ2v) is 7.64. The van der Waals surface area contributed by atoms with Crippen molar-refractivity contribution < 1.29 is 9.53 Å². The summed E-state index contributed by atoms with van der Waals surface area (Å²) >= 11 is 3.46. The number of hydrogen-bond donors (Lipinski definition) is 0. The first-order valence-electron chi connectivity index (χ1n) is 7.69. The molecule has 0 unspecified atom stereocenters. The van der Waals surface area contributed by atoms with Crippen LogP contribution in [0.3, 0.4) is 0 Å². The molecule has 1 aliphatic carbocycles. The number of halogens is 1. The van der Waals surface area contributed by atoms with Gasteiger partial charge in [-0.05, 0) is 46.5 Å². The number of esters is 1. The van der Waals surface area contributed by atoms with E-state index in [-0.39, 0.29) is 17.0 Å². The van der Waals surface area contributed by atoms with E-state index in [4.69, 9.17) is 4.74 Å². The quantitative estimate of drug-likeness (QED) is 0.345. The zero-order chi connectivity index (χ0) is 14.4. The zero-order valence-electron chi connectivity index (χ0n) is 12.8. The average molecular weight is 333 g/mol. The molecule has 0 saturated heterocycles. The maximum atomic E-state index is 12.3. The first-order chi connectivity index (χ1) is 8.90. The summed E-state index contributed by atoms with van der Waals surface area (Å²) in [7, 11) is 0. The highest BCUT2D eigenvalue weighted by Gasteiger charge is 2.45. The van der Waals surface area contributed by atoms with Crippen molar-refractivity contribution in [3.8, 4) is 0 Å². The lowest BCUT2D eigenvalue weighted by molar-refractivity contribution is -0.174. The monoisotopic (exact) mass is 332 g/mol. The van der Waals surface area contributed by atoms with Gasteiger partial charge in [-0.2, -0.15) is 0 Å². The van der Waals surface area contributed by atoms with Crippen molar-refractivity contribution in [2.75, 3.05) is 5.33 Å². The third-order valence-corrected chi connectivity index (χ3v) is 4.49. The highest BCUT2D eigenvalue weighted by molar-refractivity contribution is 9.09. The van der Waals surface area contributed by atoms with Gasteiger partial charge in [0, 0.05) is 5.33 Å². The molecule has 0 atom stereocenters. The third-order valence-electron chi connectivity index (χ3n) is 3.93. The number of alkyl halides is 1. The van der Waals surface area contributed by atoms with Gasteiger partial charge in [-0.1, -0.05) is 48.0 Å². The number of carbonyl (C=O) groups excluding carboxylic acids is 1. The molecule has 0 heterocycles. The molecule has 1 saturated carbocycles. The molecule has 19 heavy (non-hydrogen) atoms. The molecule has 1 rings (SSSR count). The van der Waals surface area contributed by atoms with Crippen molar-refractivity contribution in [3.63, 3.8) is 0 Å². The lowest BCUT2D eigenvalue weighted by Gasteiger charge is -2.41. The second kappa shape index (κ2) is 7.66. The Hall–Kier alpha value is -0.0500. The lowest BCUT2D eigenvalue weighted by Crippen LogP contribution is -2.42. The highest BCUT2D eigenvalue weighted by Crippen LogP contribution is 2.46. The van der Waals surface area contributed by atoms with Crippen molar-refractivity contribution in [1.29, 1.82) is 0 Å². The summed E-state index contributed by atoms with van der Waals surface area (Å²) in [5.41, 5.74) is -0.488. The highest BCUT2D eigenvalue weighted by atomic mass is 79.9. The van der Waals surface area contributed by atoms with E-state index in [1.54, 1.807) is 0 Å². The van der Waals surface area contributed by atoms with Crippen LogP contribution in [-0.4, -0.2) is 16.9 Å². The summed E-state index contributed by atoms with van der Waals surface area (Å²) in [5.74, 6) is 0.0479. The van der Waals surface area contributed by atoms with Crippen LogP contribution in [0.1, 0.15) is 78.6 Å². The minimum absolute atomic E-state index is 0.0479. The van der Waals surface area contributed by atoms with E-state index in [2.05, 4.69) is 15.9 Å². The fourth-order valence-corrected chi connectivity index (χ4v) is 3.03. The lowest BCUT2D eigenvalue weighted by atomic mass is 9.66. The molecular weight excluding hydrogens is 304 g/mol. The molecule has 0 N–H and O–H groups in total. The topological polar surface area (TPSA) is 26.3 Å². The first kappa shape index (κ1) is 17.0. The van der Waals surface area contributed by atoms with Crippen molar-refractivity contribution in [1.82, 2.24) is 0 Å². The maximum absolute atomic E-state index is 12.3. The standard InChI is InChI=1S/C16H29BrO2/c1-15(2,3)19-14(18)16(11-9-12-16)10-7-5-4-6-8-13-17/h4-13H2,1-3H3. The Morgan fingerprint density at radius 2 is 1.68 bits per heavy atom. The van der Waals surface area contributed by atoms with Gasteiger partial charge in [-0.15, -0.1) is 0 Å². The Kier molecular flexibility index (Phi) is 6.85. The van der Waals surface area contributed by atoms with Gasteiger partial charge in [0.05, 0.1) is 5.41 Å². The van der Waals surface area contributed by atoms with Crippen LogP contribution in [0.2, 0.25) is 0 Å². The normalized spacial score (nSPS) is 17.9. The van der Waals surface area contributed by atoms with E-state index in [9.17, 15) is 4.79 Å². The molecule has 0 spiro atoms. The van der Waals surface area contributed by atoms with Crippen molar-refractivity contribution >= 4 is 21.9 Å². The molecular formula is C16H29BrO2. The summed E-state index contributed by atoms with van der Waals surface area (Å²) in [6.07, 6.45) is 10.5. The van der Waals surface area contributed by atoms with E-state index >= 15 is 0 Å². The van der Waals surface area contributed by atoms with Gasteiger partial charge >= 0.3 is 5.97 Å². The van der Waals surface area contributed by atoms with Gasteiger partial charge in [0.25, 0.3) is 0 Å². The number of rotatable bonds is 8. The Morgan fingerprint density at radius 1 is 1.11 bits per heavy atom. The van der Waals surface area contributed by atoms with Crippen molar-refractivity contribution in [2.45, 2.75) is 84.2 Å². The fraction of sp³-hybridized carbons (Fsp3) is 0.938. The van der Waals surface area contributed by atoms with Crippen LogP contribution in [0, 0.1) is 5.41 Å². The van der Waals surface area contributed by atoms with Crippen LogP contribution in [0.15, 0.2) is 0 Å². The third kappa shape index (κ3) is 5.85. The maximum Gasteiger partial charge on any atom is 0.312 e. The molecule has 112 valence electrons. The van der Waals surface area contributed by atoms with E-state index < -0.39 is 0 Å². The van der Waals surface area contributed by atoms with Crippen LogP contribution in [-0.2, 0) is 9.53 Å². The molecule has 2 nitrogen and oxygen atoms in total. The smallest absolute Gasteiger partial charge is 0.312 e. The molecule has 0 aromatic carbocycles. The number of unbranched alkanes of at least 4 members (excludes halogenated alkanes) is 4. The molecule has 0 aromatic heterocycles. The summed E-state index contributed by atoms with van der Waals surface area (Å²) in [5, 5.41) is 1.11. The van der Waals surface area contributed by atoms with Gasteiger partial charge in [0.1, 0.15) is 5.60 Å². The van der Waals surface area contributed by atoms with Gasteiger partial charge in [0.15, 0.2) is 0 Å². The molecule has 0 aromatic rings. The minimum atomic E-state index is -0.352.